The Bertz CT molecular complexity index is 3790. The molecule has 0 aliphatic rings. The number of fused-ring (bicyclic) bond motifs is 8. The summed E-state index contributed by atoms with van der Waals surface area (Å²) in [5.41, 5.74) is 8.47. The van der Waals surface area contributed by atoms with Gasteiger partial charge in [0.05, 0.1) is 16.7 Å². The number of benzene rings is 11. The van der Waals surface area contributed by atoms with E-state index in [9.17, 15) is 0 Å². The van der Waals surface area contributed by atoms with Crippen LogP contribution in [-0.4, -0.2) is 19.5 Å². The summed E-state index contributed by atoms with van der Waals surface area (Å²) < 4.78 is 2.47. The highest BCUT2D eigenvalue weighted by Crippen LogP contribution is 2.43. The Labute approximate surface area is 363 Å². The van der Waals surface area contributed by atoms with Gasteiger partial charge in [-0.05, 0) is 103 Å². The minimum absolute atomic E-state index is 0.621. The van der Waals surface area contributed by atoms with Crippen LogP contribution in [0.5, 0.6) is 0 Å². The van der Waals surface area contributed by atoms with Crippen molar-refractivity contribution in [1.82, 2.24) is 19.5 Å². The van der Waals surface area contributed by atoms with Gasteiger partial charge in [-0.2, -0.15) is 0 Å². The third-order valence-corrected chi connectivity index (χ3v) is 12.7. The third kappa shape index (κ3) is 5.80. The van der Waals surface area contributed by atoms with E-state index in [1.807, 2.05) is 0 Å². The van der Waals surface area contributed by atoms with E-state index in [2.05, 4.69) is 223 Å². The van der Waals surface area contributed by atoms with Crippen molar-refractivity contribution in [2.45, 2.75) is 0 Å². The highest BCUT2D eigenvalue weighted by atomic mass is 15.0. The van der Waals surface area contributed by atoms with Crippen LogP contribution in [-0.2, 0) is 0 Å². The first-order chi connectivity index (χ1) is 31.2. The normalized spacial score (nSPS) is 11.8. The highest BCUT2D eigenvalue weighted by molar-refractivity contribution is 6.18. The molecule has 292 valence electrons. The smallest absolute Gasteiger partial charge is 0.164 e. The lowest BCUT2D eigenvalue weighted by atomic mass is 9.93. The van der Waals surface area contributed by atoms with Crippen molar-refractivity contribution in [3.8, 4) is 51.0 Å². The topological polar surface area (TPSA) is 43.6 Å². The number of aromatic nitrogens is 4. The second kappa shape index (κ2) is 14.1. The van der Waals surface area contributed by atoms with Gasteiger partial charge in [0.1, 0.15) is 0 Å². The number of hydrogen-bond acceptors (Lipinski definition) is 3. The Balaban J connectivity index is 1.12. The Hall–Kier alpha value is -8.47. The molecule has 63 heavy (non-hydrogen) atoms. The zero-order chi connectivity index (χ0) is 41.4. The lowest BCUT2D eigenvalue weighted by Gasteiger charge is -2.18. The van der Waals surface area contributed by atoms with Crippen molar-refractivity contribution in [2.24, 2.45) is 0 Å². The number of nitrogens with zero attached hydrogens (tertiary/aromatic N) is 4. The molecule has 0 radical (unpaired) electrons. The number of hydrogen-bond donors (Lipinski definition) is 0. The average molecular weight is 801 g/mol. The maximum Gasteiger partial charge on any atom is 0.164 e. The summed E-state index contributed by atoms with van der Waals surface area (Å²) >= 11 is 0. The van der Waals surface area contributed by atoms with Gasteiger partial charge in [-0.3, -0.25) is 0 Å². The van der Waals surface area contributed by atoms with Gasteiger partial charge in [0.25, 0.3) is 0 Å². The number of rotatable bonds is 5. The van der Waals surface area contributed by atoms with E-state index in [1.54, 1.807) is 0 Å². The maximum absolute atomic E-state index is 5.39. The van der Waals surface area contributed by atoms with Gasteiger partial charge >= 0.3 is 0 Å². The Kier molecular flexibility index (Phi) is 7.87. The lowest BCUT2D eigenvalue weighted by molar-refractivity contribution is 1.08. The van der Waals surface area contributed by atoms with Crippen LogP contribution in [0.2, 0.25) is 0 Å². The molecule has 0 amide bonds. The summed E-state index contributed by atoms with van der Waals surface area (Å²) in [6, 6.07) is 78.4. The Morgan fingerprint density at radius 2 is 0.730 bits per heavy atom. The van der Waals surface area contributed by atoms with Gasteiger partial charge < -0.3 is 4.57 Å². The van der Waals surface area contributed by atoms with Crippen LogP contribution < -0.4 is 0 Å². The lowest BCUT2D eigenvalue weighted by Crippen LogP contribution is -2.02. The summed E-state index contributed by atoms with van der Waals surface area (Å²) in [7, 11) is 0. The van der Waals surface area contributed by atoms with Crippen LogP contribution in [0.4, 0.5) is 0 Å². The summed E-state index contributed by atoms with van der Waals surface area (Å²) in [6.07, 6.45) is 0. The van der Waals surface area contributed by atoms with Gasteiger partial charge in [0.15, 0.2) is 17.5 Å². The van der Waals surface area contributed by atoms with Crippen LogP contribution in [0.1, 0.15) is 0 Å². The van der Waals surface area contributed by atoms with E-state index in [0.717, 1.165) is 66.1 Å². The molecule has 2 heterocycles. The second-order valence-corrected chi connectivity index (χ2v) is 16.4. The molecule has 0 aliphatic heterocycles. The van der Waals surface area contributed by atoms with Crippen LogP contribution in [0.25, 0.3) is 127 Å². The van der Waals surface area contributed by atoms with Crippen LogP contribution in [0, 0.1) is 0 Å². The van der Waals surface area contributed by atoms with Crippen molar-refractivity contribution >= 4 is 75.7 Å². The molecule has 13 rings (SSSR count). The van der Waals surface area contributed by atoms with Crippen molar-refractivity contribution < 1.29 is 0 Å². The standard InChI is InChI=1S/C59H36N4/c1-2-15-39(16-3-1)48-23-12-24-49-53(63-54-35-44-21-10-8-19-42(44)33-51(54)52-34-43-20-9-11-22-45(43)36-55(52)63)30-29-50(56(48)49)59-61-57(46-27-25-37-13-4-6-17-40(37)31-46)60-58(62-59)47-28-26-38-14-5-7-18-41(38)32-47/h1-36H. The Morgan fingerprint density at radius 3 is 1.27 bits per heavy atom. The molecule has 0 fully saturated rings. The molecule has 0 saturated carbocycles. The molecule has 2 aromatic heterocycles. The van der Waals surface area contributed by atoms with E-state index >= 15 is 0 Å². The van der Waals surface area contributed by atoms with Gasteiger partial charge in [0.2, 0.25) is 0 Å². The van der Waals surface area contributed by atoms with Gasteiger partial charge in [-0.1, -0.05) is 170 Å². The predicted molar refractivity (Wildman–Crippen MR) is 263 cm³/mol. The molecule has 11 aromatic carbocycles. The average Bonchev–Trinajstić information content (AvgIpc) is 3.65. The molecule has 0 N–H and O–H groups in total. The first kappa shape index (κ1) is 35.3. The van der Waals surface area contributed by atoms with Crippen molar-refractivity contribution in [1.29, 1.82) is 0 Å². The van der Waals surface area contributed by atoms with E-state index in [-0.39, 0.29) is 0 Å². The minimum Gasteiger partial charge on any atom is -0.309 e. The fourth-order valence-electron chi connectivity index (χ4n) is 9.69. The van der Waals surface area contributed by atoms with Gasteiger partial charge in [-0.25, -0.2) is 15.0 Å². The summed E-state index contributed by atoms with van der Waals surface area (Å²) in [4.78, 5) is 16.0. The van der Waals surface area contributed by atoms with Crippen LogP contribution in [0.3, 0.4) is 0 Å². The Morgan fingerprint density at radius 1 is 0.270 bits per heavy atom. The molecule has 0 atom stereocenters. The molecular formula is C59H36N4. The minimum atomic E-state index is 0.621. The van der Waals surface area contributed by atoms with E-state index in [0.29, 0.717) is 17.5 Å². The molecular weight excluding hydrogens is 765 g/mol. The molecule has 0 unspecified atom stereocenters. The van der Waals surface area contributed by atoms with E-state index in [1.165, 1.54) is 43.1 Å². The fraction of sp³-hybridized carbons (Fsp3) is 0. The molecule has 4 nitrogen and oxygen atoms in total. The summed E-state index contributed by atoms with van der Waals surface area (Å²) in [6.45, 7) is 0. The largest absolute Gasteiger partial charge is 0.309 e. The zero-order valence-electron chi connectivity index (χ0n) is 34.1. The monoisotopic (exact) mass is 800 g/mol. The first-order valence-electron chi connectivity index (χ1n) is 21.4. The molecule has 13 aromatic rings. The fourth-order valence-corrected chi connectivity index (χ4v) is 9.69. The van der Waals surface area contributed by atoms with Crippen molar-refractivity contribution in [3.63, 3.8) is 0 Å². The highest BCUT2D eigenvalue weighted by Gasteiger charge is 2.22. The molecule has 0 bridgehead atoms. The van der Waals surface area contributed by atoms with Crippen LogP contribution in [0.15, 0.2) is 218 Å². The third-order valence-electron chi connectivity index (χ3n) is 12.7. The van der Waals surface area contributed by atoms with Crippen molar-refractivity contribution in [3.05, 3.63) is 218 Å². The van der Waals surface area contributed by atoms with Crippen molar-refractivity contribution in [2.75, 3.05) is 0 Å². The maximum atomic E-state index is 5.39. The predicted octanol–water partition coefficient (Wildman–Crippen LogP) is 15.4. The summed E-state index contributed by atoms with van der Waals surface area (Å²) in [5, 5.41) is 14.1. The summed E-state index contributed by atoms with van der Waals surface area (Å²) in [5.74, 6) is 1.88. The quantitative estimate of drug-likeness (QED) is 0.174. The molecule has 0 saturated heterocycles. The van der Waals surface area contributed by atoms with E-state index < -0.39 is 0 Å². The molecule has 0 aliphatic carbocycles. The van der Waals surface area contributed by atoms with E-state index in [4.69, 9.17) is 15.0 Å². The van der Waals surface area contributed by atoms with Crippen LogP contribution >= 0.6 is 0 Å². The second-order valence-electron chi connectivity index (χ2n) is 16.4. The zero-order valence-corrected chi connectivity index (χ0v) is 34.1. The first-order valence-corrected chi connectivity index (χ1v) is 21.4. The SMILES string of the molecule is c1ccc(-c2cccc3c(-n4c5cc6ccccc6cc5c5cc6ccccc6cc54)ccc(-c4nc(-c5ccc6ccccc6c5)nc(-c5ccc6ccccc6c5)n4)c23)cc1. The van der Waals surface area contributed by atoms with Gasteiger partial charge in [0, 0.05) is 38.2 Å². The molecule has 4 heteroatoms. The molecule has 0 spiro atoms. The van der Waals surface area contributed by atoms with Gasteiger partial charge in [-0.15, -0.1) is 0 Å².